The molecule has 19 heavy (non-hydrogen) atoms. The van der Waals surface area contributed by atoms with Gasteiger partial charge in [-0.05, 0) is 18.6 Å². The quantitative estimate of drug-likeness (QED) is 0.813. The van der Waals surface area contributed by atoms with Gasteiger partial charge < -0.3 is 10.1 Å². The zero-order chi connectivity index (χ0) is 13.5. The maximum atomic E-state index is 13.2. The van der Waals surface area contributed by atoms with E-state index in [1.807, 2.05) is 30.3 Å². The lowest BCUT2D eigenvalue weighted by molar-refractivity contribution is 0.315. The number of hydrogen-bond acceptors (Lipinski definition) is 3. The summed E-state index contributed by atoms with van der Waals surface area (Å²) in [5.41, 5.74) is 0. The monoisotopic (exact) mass is 264 g/mol. The minimum atomic E-state index is -0.691. The lowest BCUT2D eigenvalue weighted by Crippen LogP contribution is -2.09. The van der Waals surface area contributed by atoms with Gasteiger partial charge in [-0.1, -0.05) is 18.2 Å². The fourth-order valence-corrected chi connectivity index (χ4v) is 1.53. The number of nitrogens with one attached hydrogen (secondary N) is 1. The summed E-state index contributed by atoms with van der Waals surface area (Å²) in [4.78, 5) is 3.63. The second-order valence-corrected chi connectivity index (χ2v) is 3.93. The fourth-order valence-electron chi connectivity index (χ4n) is 1.53. The average Bonchev–Trinajstić information content (AvgIpc) is 2.42. The summed E-state index contributed by atoms with van der Waals surface area (Å²) in [5.74, 6) is -0.519. The minimum Gasteiger partial charge on any atom is -0.494 e. The number of ether oxygens (including phenoxy) is 1. The van der Waals surface area contributed by atoms with E-state index in [0.29, 0.717) is 19.6 Å². The maximum absolute atomic E-state index is 13.2. The Morgan fingerprint density at radius 3 is 2.68 bits per heavy atom. The Balaban J connectivity index is 1.69. The third-order valence-electron chi connectivity index (χ3n) is 2.43. The summed E-state index contributed by atoms with van der Waals surface area (Å²) < 4.78 is 31.3. The van der Waals surface area contributed by atoms with E-state index in [-0.39, 0.29) is 5.82 Å². The fraction of sp³-hybridized carbons (Fsp3) is 0.214. The van der Waals surface area contributed by atoms with E-state index in [1.165, 1.54) is 0 Å². The van der Waals surface area contributed by atoms with Gasteiger partial charge in [0.25, 0.3) is 0 Å². The predicted molar refractivity (Wildman–Crippen MR) is 69.2 cm³/mol. The Hall–Kier alpha value is -2.17. The first-order valence-corrected chi connectivity index (χ1v) is 5.98. The van der Waals surface area contributed by atoms with Crippen molar-refractivity contribution in [2.45, 2.75) is 6.42 Å². The van der Waals surface area contributed by atoms with Crippen LogP contribution in [0, 0.1) is 11.6 Å². The molecule has 0 saturated heterocycles. The molecule has 1 heterocycles. The molecule has 0 amide bonds. The van der Waals surface area contributed by atoms with E-state index in [2.05, 4.69) is 10.3 Å². The molecule has 1 N–H and O–H groups in total. The molecule has 0 spiro atoms. The number of nitrogens with zero attached hydrogens (tertiary/aromatic N) is 1. The molecular formula is C14H14F2N2O. The number of rotatable bonds is 6. The topological polar surface area (TPSA) is 34.2 Å². The smallest absolute Gasteiger partial charge is 0.168 e. The number of aromatic nitrogens is 1. The molecule has 0 atom stereocenters. The molecule has 2 rings (SSSR count). The van der Waals surface area contributed by atoms with Gasteiger partial charge in [-0.3, -0.25) is 0 Å². The molecular weight excluding hydrogens is 250 g/mol. The highest BCUT2D eigenvalue weighted by Gasteiger charge is 2.04. The molecule has 0 radical (unpaired) electrons. The Morgan fingerprint density at radius 1 is 1.16 bits per heavy atom. The van der Waals surface area contributed by atoms with Crippen molar-refractivity contribution in [3.05, 3.63) is 54.2 Å². The van der Waals surface area contributed by atoms with Gasteiger partial charge in [0, 0.05) is 12.6 Å². The van der Waals surface area contributed by atoms with Crippen LogP contribution in [0.1, 0.15) is 6.42 Å². The van der Waals surface area contributed by atoms with Crippen LogP contribution < -0.4 is 10.1 Å². The standard InChI is InChI=1S/C14H14F2N2O/c15-11-9-13(16)14(18-10-11)17-7-4-8-19-12-5-2-1-3-6-12/h1-3,5-6,9-10H,4,7-8H2,(H,17,18). The minimum absolute atomic E-state index is 0.0566. The van der Waals surface area contributed by atoms with Crippen LogP contribution in [0.15, 0.2) is 42.6 Å². The van der Waals surface area contributed by atoms with Crippen molar-refractivity contribution in [1.82, 2.24) is 4.98 Å². The van der Waals surface area contributed by atoms with Crippen LogP contribution in [0.25, 0.3) is 0 Å². The predicted octanol–water partition coefficient (Wildman–Crippen LogP) is 3.24. The highest BCUT2D eigenvalue weighted by Crippen LogP contribution is 2.11. The van der Waals surface area contributed by atoms with Gasteiger partial charge in [-0.25, -0.2) is 13.8 Å². The van der Waals surface area contributed by atoms with Crippen molar-refractivity contribution >= 4 is 5.82 Å². The van der Waals surface area contributed by atoms with Gasteiger partial charge in [0.1, 0.15) is 11.6 Å². The summed E-state index contributed by atoms with van der Waals surface area (Å²) in [7, 11) is 0. The summed E-state index contributed by atoms with van der Waals surface area (Å²) in [6.07, 6.45) is 1.67. The third-order valence-corrected chi connectivity index (χ3v) is 2.43. The number of pyridine rings is 1. The summed E-state index contributed by atoms with van der Waals surface area (Å²) in [6, 6.07) is 10.2. The van der Waals surface area contributed by atoms with Crippen LogP contribution in [0.4, 0.5) is 14.6 Å². The summed E-state index contributed by atoms with van der Waals surface area (Å²) in [5, 5.41) is 2.79. The normalized spacial score (nSPS) is 10.2. The molecule has 100 valence electrons. The van der Waals surface area contributed by atoms with Crippen LogP contribution in [0.3, 0.4) is 0 Å². The molecule has 0 aliphatic rings. The van der Waals surface area contributed by atoms with Gasteiger partial charge in [0.15, 0.2) is 11.6 Å². The average molecular weight is 264 g/mol. The van der Waals surface area contributed by atoms with Gasteiger partial charge in [-0.15, -0.1) is 0 Å². The molecule has 1 aromatic carbocycles. The molecule has 5 heteroatoms. The molecule has 0 aliphatic carbocycles. The molecule has 3 nitrogen and oxygen atoms in total. The Labute approximate surface area is 110 Å². The Morgan fingerprint density at radius 2 is 1.95 bits per heavy atom. The van der Waals surface area contributed by atoms with Crippen molar-refractivity contribution in [3.8, 4) is 5.75 Å². The zero-order valence-electron chi connectivity index (χ0n) is 10.3. The van der Waals surface area contributed by atoms with Crippen molar-refractivity contribution in [3.63, 3.8) is 0 Å². The number of anilines is 1. The van der Waals surface area contributed by atoms with E-state index in [9.17, 15) is 8.78 Å². The van der Waals surface area contributed by atoms with Crippen molar-refractivity contribution < 1.29 is 13.5 Å². The van der Waals surface area contributed by atoms with E-state index >= 15 is 0 Å². The second-order valence-electron chi connectivity index (χ2n) is 3.93. The molecule has 1 aromatic heterocycles. The molecule has 2 aromatic rings. The van der Waals surface area contributed by atoms with Crippen molar-refractivity contribution in [2.24, 2.45) is 0 Å². The van der Waals surface area contributed by atoms with Gasteiger partial charge in [0.05, 0.1) is 12.8 Å². The first-order chi connectivity index (χ1) is 9.25. The molecule has 0 aliphatic heterocycles. The second kappa shape index (κ2) is 6.68. The van der Waals surface area contributed by atoms with Crippen LogP contribution in [0.2, 0.25) is 0 Å². The van der Waals surface area contributed by atoms with E-state index in [4.69, 9.17) is 4.74 Å². The first-order valence-electron chi connectivity index (χ1n) is 5.98. The van der Waals surface area contributed by atoms with E-state index in [1.54, 1.807) is 0 Å². The van der Waals surface area contributed by atoms with Crippen LogP contribution in [0.5, 0.6) is 5.75 Å². The number of halogens is 2. The van der Waals surface area contributed by atoms with Crippen LogP contribution >= 0.6 is 0 Å². The maximum Gasteiger partial charge on any atom is 0.168 e. The van der Waals surface area contributed by atoms with Crippen LogP contribution in [-0.4, -0.2) is 18.1 Å². The number of hydrogen-bond donors (Lipinski definition) is 1. The van der Waals surface area contributed by atoms with Crippen LogP contribution in [-0.2, 0) is 0 Å². The molecule has 0 unspecified atom stereocenters. The zero-order valence-corrected chi connectivity index (χ0v) is 10.3. The highest BCUT2D eigenvalue weighted by atomic mass is 19.1. The van der Waals surface area contributed by atoms with E-state index < -0.39 is 11.6 Å². The SMILES string of the molecule is Fc1cnc(NCCCOc2ccccc2)c(F)c1. The van der Waals surface area contributed by atoms with E-state index in [0.717, 1.165) is 18.0 Å². The lowest BCUT2D eigenvalue weighted by Gasteiger charge is -2.08. The lowest BCUT2D eigenvalue weighted by atomic mass is 10.3. The van der Waals surface area contributed by atoms with Gasteiger partial charge >= 0.3 is 0 Å². The molecule has 0 bridgehead atoms. The summed E-state index contributed by atoms with van der Waals surface area (Å²) >= 11 is 0. The highest BCUT2D eigenvalue weighted by molar-refractivity contribution is 5.35. The van der Waals surface area contributed by atoms with Crippen molar-refractivity contribution in [1.29, 1.82) is 0 Å². The molecule has 0 fully saturated rings. The number of benzene rings is 1. The Kier molecular flexibility index (Phi) is 4.66. The third kappa shape index (κ3) is 4.21. The Bertz CT molecular complexity index is 520. The first kappa shape index (κ1) is 13.3. The van der Waals surface area contributed by atoms with Gasteiger partial charge in [0.2, 0.25) is 0 Å². The molecule has 0 saturated carbocycles. The van der Waals surface area contributed by atoms with Crippen molar-refractivity contribution in [2.75, 3.05) is 18.5 Å². The largest absolute Gasteiger partial charge is 0.494 e. The van der Waals surface area contributed by atoms with Gasteiger partial charge in [-0.2, -0.15) is 0 Å². The number of para-hydroxylation sites is 1. The summed E-state index contributed by atoms with van der Waals surface area (Å²) in [6.45, 7) is 1.02.